The Morgan fingerprint density at radius 1 is 1.38 bits per heavy atom. The summed E-state index contributed by atoms with van der Waals surface area (Å²) in [6, 6.07) is 0. The van der Waals surface area contributed by atoms with Crippen LogP contribution in [0.5, 0.6) is 0 Å². The minimum absolute atomic E-state index is 0.0896. The molecule has 16 heavy (non-hydrogen) atoms. The van der Waals surface area contributed by atoms with Crippen molar-refractivity contribution in [3.05, 3.63) is 12.2 Å². The third-order valence-electron chi connectivity index (χ3n) is 3.08. The molecule has 0 saturated carbocycles. The van der Waals surface area contributed by atoms with Crippen LogP contribution in [0.1, 0.15) is 27.2 Å². The van der Waals surface area contributed by atoms with E-state index in [1.54, 1.807) is 0 Å². The molecule has 1 atom stereocenters. The summed E-state index contributed by atoms with van der Waals surface area (Å²) in [5.41, 5.74) is -1.05. The Bertz CT molecular complexity index is 343. The van der Waals surface area contributed by atoms with Gasteiger partial charge in [-0.1, -0.05) is 26.0 Å². The van der Waals surface area contributed by atoms with Gasteiger partial charge >= 0.3 is 0 Å². The van der Waals surface area contributed by atoms with Crippen LogP contribution in [0.15, 0.2) is 12.2 Å². The molecule has 2 N–H and O–H groups in total. The molecule has 0 aromatic heterocycles. The summed E-state index contributed by atoms with van der Waals surface area (Å²) < 4.78 is 0. The molecule has 0 aromatic rings. The lowest BCUT2D eigenvalue weighted by Crippen LogP contribution is -2.64. The van der Waals surface area contributed by atoms with Gasteiger partial charge in [-0.25, -0.2) is 0 Å². The van der Waals surface area contributed by atoms with Crippen LogP contribution in [0.4, 0.5) is 0 Å². The van der Waals surface area contributed by atoms with Crippen LogP contribution in [-0.2, 0) is 9.59 Å². The van der Waals surface area contributed by atoms with Gasteiger partial charge in [0.25, 0.3) is 0 Å². The first kappa shape index (κ1) is 12.8. The summed E-state index contributed by atoms with van der Waals surface area (Å²) >= 11 is 4.78. The molecule has 2 amide bonds. The standard InChI is InChI=1S/C11H16N2O2S/c1-4-6-7(3)11(5-2)8(14)12-10(16)13-9(11)15/h4,6-7H,5H2,1-3H3,(H2,12,13,14,15,16)/b6-4+. The number of hydrogen-bond donors (Lipinski definition) is 2. The lowest BCUT2D eigenvalue weighted by Gasteiger charge is -2.37. The first-order chi connectivity index (χ1) is 7.48. The Hall–Kier alpha value is -1.23. The van der Waals surface area contributed by atoms with E-state index >= 15 is 0 Å². The fourth-order valence-corrected chi connectivity index (χ4v) is 2.26. The molecule has 0 spiro atoms. The van der Waals surface area contributed by atoms with Crippen LogP contribution < -0.4 is 10.6 Å². The van der Waals surface area contributed by atoms with Crippen molar-refractivity contribution in [1.82, 2.24) is 10.6 Å². The van der Waals surface area contributed by atoms with Gasteiger partial charge in [-0.3, -0.25) is 9.59 Å². The molecule has 0 aromatic carbocycles. The molecule has 1 aliphatic heterocycles. The summed E-state index contributed by atoms with van der Waals surface area (Å²) in [4.78, 5) is 24.0. The van der Waals surface area contributed by atoms with E-state index in [4.69, 9.17) is 12.2 Å². The second kappa shape index (κ2) is 4.74. The minimum atomic E-state index is -1.05. The van der Waals surface area contributed by atoms with E-state index in [9.17, 15) is 9.59 Å². The average molecular weight is 240 g/mol. The third-order valence-corrected chi connectivity index (χ3v) is 3.28. The van der Waals surface area contributed by atoms with Crippen LogP contribution in [-0.4, -0.2) is 16.9 Å². The number of carbonyl (C=O) groups is 2. The van der Waals surface area contributed by atoms with Crippen molar-refractivity contribution in [2.75, 3.05) is 0 Å². The zero-order chi connectivity index (χ0) is 12.3. The zero-order valence-corrected chi connectivity index (χ0v) is 10.5. The molecular weight excluding hydrogens is 224 g/mol. The van der Waals surface area contributed by atoms with Gasteiger partial charge in [0.1, 0.15) is 5.41 Å². The summed E-state index contributed by atoms with van der Waals surface area (Å²) in [5.74, 6) is -0.783. The Labute approximate surface area is 100 Å². The maximum absolute atomic E-state index is 12.0. The van der Waals surface area contributed by atoms with Crippen LogP contribution >= 0.6 is 12.2 Å². The number of hydrogen-bond acceptors (Lipinski definition) is 3. The van der Waals surface area contributed by atoms with Crippen molar-refractivity contribution in [2.24, 2.45) is 11.3 Å². The van der Waals surface area contributed by atoms with Gasteiger partial charge in [0.2, 0.25) is 11.8 Å². The lowest BCUT2D eigenvalue weighted by molar-refractivity contribution is -0.146. The number of rotatable bonds is 3. The molecule has 1 heterocycles. The Morgan fingerprint density at radius 2 is 1.88 bits per heavy atom. The van der Waals surface area contributed by atoms with E-state index in [-0.39, 0.29) is 22.8 Å². The molecule has 1 aliphatic rings. The highest BCUT2D eigenvalue weighted by molar-refractivity contribution is 7.80. The number of nitrogens with one attached hydrogen (secondary N) is 2. The number of allylic oxidation sites excluding steroid dienone is 2. The third kappa shape index (κ3) is 1.87. The fraction of sp³-hybridized carbons (Fsp3) is 0.545. The first-order valence-electron chi connectivity index (χ1n) is 5.28. The molecular formula is C11H16N2O2S. The normalized spacial score (nSPS) is 21.8. The predicted molar refractivity (Wildman–Crippen MR) is 65.6 cm³/mol. The largest absolute Gasteiger partial charge is 0.302 e. The van der Waals surface area contributed by atoms with E-state index in [1.807, 2.05) is 32.9 Å². The van der Waals surface area contributed by atoms with Gasteiger partial charge in [0.15, 0.2) is 5.11 Å². The zero-order valence-electron chi connectivity index (χ0n) is 9.66. The Morgan fingerprint density at radius 3 is 2.25 bits per heavy atom. The van der Waals surface area contributed by atoms with Crippen LogP contribution in [0.25, 0.3) is 0 Å². The Balaban J connectivity index is 3.15. The van der Waals surface area contributed by atoms with E-state index < -0.39 is 5.41 Å². The molecule has 1 saturated heterocycles. The van der Waals surface area contributed by atoms with E-state index in [0.717, 1.165) is 0 Å². The molecule has 1 rings (SSSR count). The van der Waals surface area contributed by atoms with E-state index in [1.165, 1.54) is 0 Å². The van der Waals surface area contributed by atoms with Crippen molar-refractivity contribution in [1.29, 1.82) is 0 Å². The van der Waals surface area contributed by atoms with Gasteiger partial charge in [-0.2, -0.15) is 0 Å². The predicted octanol–water partition coefficient (Wildman–Crippen LogP) is 1.13. The van der Waals surface area contributed by atoms with Crippen LogP contribution in [0.2, 0.25) is 0 Å². The molecule has 1 fully saturated rings. The maximum Gasteiger partial charge on any atom is 0.242 e. The van der Waals surface area contributed by atoms with Crippen molar-refractivity contribution in [3.8, 4) is 0 Å². The second-order valence-corrected chi connectivity index (χ2v) is 4.28. The van der Waals surface area contributed by atoms with Crippen molar-refractivity contribution in [2.45, 2.75) is 27.2 Å². The molecule has 1 unspecified atom stereocenters. The van der Waals surface area contributed by atoms with Gasteiger partial charge in [-0.05, 0) is 31.5 Å². The number of carbonyl (C=O) groups excluding carboxylic acids is 2. The lowest BCUT2D eigenvalue weighted by atomic mass is 9.71. The smallest absolute Gasteiger partial charge is 0.242 e. The highest BCUT2D eigenvalue weighted by Gasteiger charge is 2.50. The highest BCUT2D eigenvalue weighted by Crippen LogP contribution is 2.34. The van der Waals surface area contributed by atoms with Gasteiger partial charge in [0.05, 0.1) is 0 Å². The molecule has 0 aliphatic carbocycles. The SMILES string of the molecule is C/C=C/C(C)C1(CC)C(=O)NC(=S)NC1=O. The maximum atomic E-state index is 12.0. The highest BCUT2D eigenvalue weighted by atomic mass is 32.1. The van der Waals surface area contributed by atoms with E-state index in [2.05, 4.69) is 10.6 Å². The van der Waals surface area contributed by atoms with E-state index in [0.29, 0.717) is 6.42 Å². The minimum Gasteiger partial charge on any atom is -0.302 e. The topological polar surface area (TPSA) is 58.2 Å². The monoisotopic (exact) mass is 240 g/mol. The van der Waals surface area contributed by atoms with Crippen LogP contribution in [0, 0.1) is 11.3 Å². The first-order valence-corrected chi connectivity index (χ1v) is 5.69. The Kier molecular flexibility index (Phi) is 3.80. The second-order valence-electron chi connectivity index (χ2n) is 3.88. The fourth-order valence-electron chi connectivity index (χ4n) is 2.07. The van der Waals surface area contributed by atoms with Gasteiger partial charge in [0, 0.05) is 0 Å². The summed E-state index contributed by atoms with van der Waals surface area (Å²) in [7, 11) is 0. The number of thiocarbonyl (C=S) groups is 1. The summed E-state index contributed by atoms with van der Waals surface area (Å²) in [6.45, 7) is 5.55. The van der Waals surface area contributed by atoms with Crippen LogP contribution in [0.3, 0.4) is 0 Å². The van der Waals surface area contributed by atoms with Crippen molar-refractivity contribution >= 4 is 29.1 Å². The molecule has 0 radical (unpaired) electrons. The summed E-state index contributed by atoms with van der Waals surface area (Å²) in [5, 5.41) is 5.12. The average Bonchev–Trinajstić information content (AvgIpc) is 2.18. The molecule has 0 bridgehead atoms. The molecule has 88 valence electrons. The molecule has 5 heteroatoms. The number of amides is 2. The molecule has 4 nitrogen and oxygen atoms in total. The van der Waals surface area contributed by atoms with Crippen molar-refractivity contribution in [3.63, 3.8) is 0 Å². The van der Waals surface area contributed by atoms with Gasteiger partial charge < -0.3 is 10.6 Å². The van der Waals surface area contributed by atoms with Gasteiger partial charge in [-0.15, -0.1) is 0 Å². The van der Waals surface area contributed by atoms with Crippen molar-refractivity contribution < 1.29 is 9.59 Å². The quantitative estimate of drug-likeness (QED) is 0.441. The summed E-state index contributed by atoms with van der Waals surface area (Å²) in [6.07, 6.45) is 4.14.